The molecule has 17 heavy (non-hydrogen) atoms. The average molecular weight is 253 g/mol. The second-order valence-electron chi connectivity index (χ2n) is 3.88. The topological polar surface area (TPSA) is 63.8 Å². The molecule has 0 amide bonds. The molecule has 0 saturated carbocycles. The predicted octanol–water partition coefficient (Wildman–Crippen LogP) is 1.63. The molecule has 2 aromatic heterocycles. The fourth-order valence-corrected chi connectivity index (χ4v) is 1.88. The molecule has 0 radical (unpaired) electrons. The molecule has 1 aliphatic heterocycles. The lowest BCUT2D eigenvalue weighted by Crippen LogP contribution is -2.08. The Hall–Kier alpha value is -1.46. The number of halogens is 1. The van der Waals surface area contributed by atoms with Gasteiger partial charge in [0.15, 0.2) is 0 Å². The SMILES string of the molecule is Cl.c1cc(-c2noc([C@H]3CCNC3)n2)ccn1. The first-order valence-electron chi connectivity index (χ1n) is 5.38. The minimum Gasteiger partial charge on any atom is -0.339 e. The van der Waals surface area contributed by atoms with Crippen LogP contribution in [-0.4, -0.2) is 28.2 Å². The maximum absolute atomic E-state index is 5.28. The summed E-state index contributed by atoms with van der Waals surface area (Å²) >= 11 is 0. The van der Waals surface area contributed by atoms with Crippen LogP contribution in [-0.2, 0) is 0 Å². The fourth-order valence-electron chi connectivity index (χ4n) is 1.88. The van der Waals surface area contributed by atoms with Crippen molar-refractivity contribution in [1.82, 2.24) is 20.4 Å². The second kappa shape index (κ2) is 5.25. The van der Waals surface area contributed by atoms with Gasteiger partial charge in [-0.05, 0) is 25.1 Å². The third kappa shape index (κ3) is 2.45. The van der Waals surface area contributed by atoms with Crippen LogP contribution in [0.15, 0.2) is 29.0 Å². The van der Waals surface area contributed by atoms with Crippen LogP contribution in [0.3, 0.4) is 0 Å². The van der Waals surface area contributed by atoms with Gasteiger partial charge in [-0.15, -0.1) is 12.4 Å². The summed E-state index contributed by atoms with van der Waals surface area (Å²) in [5.74, 6) is 1.74. The van der Waals surface area contributed by atoms with Crippen molar-refractivity contribution in [1.29, 1.82) is 0 Å². The standard InChI is InChI=1S/C11H12N4O.ClH/c1-4-12-5-2-8(1)10-14-11(16-15-10)9-3-6-13-7-9;/h1-2,4-5,9,13H,3,6-7H2;1H/t9-;/m0./s1. The quantitative estimate of drug-likeness (QED) is 0.880. The first-order chi connectivity index (χ1) is 7.93. The van der Waals surface area contributed by atoms with Gasteiger partial charge in [0.05, 0.1) is 5.92 Å². The first-order valence-corrected chi connectivity index (χ1v) is 5.38. The van der Waals surface area contributed by atoms with Gasteiger partial charge in [-0.25, -0.2) is 0 Å². The van der Waals surface area contributed by atoms with E-state index < -0.39 is 0 Å². The summed E-state index contributed by atoms with van der Waals surface area (Å²) in [5.41, 5.74) is 0.941. The monoisotopic (exact) mass is 252 g/mol. The molecular weight excluding hydrogens is 240 g/mol. The van der Waals surface area contributed by atoms with Crippen LogP contribution in [0.4, 0.5) is 0 Å². The fraction of sp³-hybridized carbons (Fsp3) is 0.364. The number of aromatic nitrogens is 3. The van der Waals surface area contributed by atoms with E-state index in [0.29, 0.717) is 11.7 Å². The van der Waals surface area contributed by atoms with E-state index >= 15 is 0 Å². The van der Waals surface area contributed by atoms with Crippen LogP contribution < -0.4 is 5.32 Å². The molecule has 6 heteroatoms. The highest BCUT2D eigenvalue weighted by atomic mass is 35.5. The zero-order chi connectivity index (χ0) is 10.8. The van der Waals surface area contributed by atoms with Crippen LogP contribution in [0.5, 0.6) is 0 Å². The van der Waals surface area contributed by atoms with Crippen molar-refractivity contribution in [3.8, 4) is 11.4 Å². The van der Waals surface area contributed by atoms with Gasteiger partial charge in [0, 0.05) is 24.5 Å². The molecule has 3 heterocycles. The van der Waals surface area contributed by atoms with Crippen molar-refractivity contribution in [3.63, 3.8) is 0 Å². The lowest BCUT2D eigenvalue weighted by atomic mass is 10.1. The second-order valence-corrected chi connectivity index (χ2v) is 3.88. The Morgan fingerprint density at radius 1 is 1.29 bits per heavy atom. The number of hydrogen-bond donors (Lipinski definition) is 1. The molecule has 5 nitrogen and oxygen atoms in total. The summed E-state index contributed by atoms with van der Waals surface area (Å²) in [4.78, 5) is 8.38. The lowest BCUT2D eigenvalue weighted by Gasteiger charge is -1.98. The van der Waals surface area contributed by atoms with E-state index in [1.54, 1.807) is 12.4 Å². The van der Waals surface area contributed by atoms with Gasteiger partial charge in [0.25, 0.3) is 0 Å². The third-order valence-electron chi connectivity index (χ3n) is 2.79. The van der Waals surface area contributed by atoms with Gasteiger partial charge in [-0.1, -0.05) is 5.16 Å². The highest BCUT2D eigenvalue weighted by Gasteiger charge is 2.22. The molecule has 1 atom stereocenters. The van der Waals surface area contributed by atoms with E-state index in [0.717, 1.165) is 31.0 Å². The van der Waals surface area contributed by atoms with Crippen molar-refractivity contribution >= 4 is 12.4 Å². The Labute approximate surface area is 105 Å². The smallest absolute Gasteiger partial charge is 0.231 e. The maximum Gasteiger partial charge on any atom is 0.231 e. The van der Waals surface area contributed by atoms with Gasteiger partial charge in [-0.3, -0.25) is 4.98 Å². The average Bonchev–Trinajstić information content (AvgIpc) is 3.01. The Kier molecular flexibility index (Phi) is 3.71. The molecule has 1 aliphatic rings. The lowest BCUT2D eigenvalue weighted by molar-refractivity contribution is 0.359. The molecule has 0 unspecified atom stereocenters. The molecule has 0 aliphatic carbocycles. The van der Waals surface area contributed by atoms with E-state index in [9.17, 15) is 0 Å². The molecule has 1 N–H and O–H groups in total. The molecular formula is C11H13ClN4O. The highest BCUT2D eigenvalue weighted by molar-refractivity contribution is 5.85. The Morgan fingerprint density at radius 3 is 2.82 bits per heavy atom. The third-order valence-corrected chi connectivity index (χ3v) is 2.79. The van der Waals surface area contributed by atoms with Gasteiger partial charge >= 0.3 is 0 Å². The highest BCUT2D eigenvalue weighted by Crippen LogP contribution is 2.23. The summed E-state index contributed by atoms with van der Waals surface area (Å²) in [7, 11) is 0. The first kappa shape index (κ1) is 12.0. The van der Waals surface area contributed by atoms with Gasteiger partial charge in [0.2, 0.25) is 11.7 Å². The van der Waals surface area contributed by atoms with Gasteiger partial charge < -0.3 is 9.84 Å². The normalized spacial score (nSPS) is 18.9. The van der Waals surface area contributed by atoms with E-state index in [2.05, 4.69) is 20.4 Å². The van der Waals surface area contributed by atoms with Crippen LogP contribution >= 0.6 is 12.4 Å². The number of nitrogens with zero attached hydrogens (tertiary/aromatic N) is 3. The minimum absolute atomic E-state index is 0. The Balaban J connectivity index is 0.00000108. The van der Waals surface area contributed by atoms with Crippen molar-refractivity contribution in [3.05, 3.63) is 30.4 Å². The van der Waals surface area contributed by atoms with E-state index in [1.165, 1.54) is 0 Å². The molecule has 1 fully saturated rings. The zero-order valence-corrected chi connectivity index (χ0v) is 9.98. The largest absolute Gasteiger partial charge is 0.339 e. The zero-order valence-electron chi connectivity index (χ0n) is 9.17. The van der Waals surface area contributed by atoms with Gasteiger partial charge in [0.1, 0.15) is 0 Å². The van der Waals surface area contributed by atoms with Crippen LogP contribution in [0.25, 0.3) is 11.4 Å². The van der Waals surface area contributed by atoms with Gasteiger partial charge in [-0.2, -0.15) is 4.98 Å². The maximum atomic E-state index is 5.28. The van der Waals surface area contributed by atoms with Crippen molar-refractivity contribution in [2.24, 2.45) is 0 Å². The van der Waals surface area contributed by atoms with E-state index in [4.69, 9.17) is 4.52 Å². The number of hydrogen-bond acceptors (Lipinski definition) is 5. The van der Waals surface area contributed by atoms with Crippen molar-refractivity contribution in [2.75, 3.05) is 13.1 Å². The van der Waals surface area contributed by atoms with E-state index in [-0.39, 0.29) is 12.4 Å². The van der Waals surface area contributed by atoms with Crippen LogP contribution in [0, 0.1) is 0 Å². The molecule has 1 saturated heterocycles. The predicted molar refractivity (Wildman–Crippen MR) is 65.0 cm³/mol. The van der Waals surface area contributed by atoms with Crippen LogP contribution in [0.1, 0.15) is 18.2 Å². The molecule has 0 spiro atoms. The molecule has 0 aromatic carbocycles. The minimum atomic E-state index is 0. The summed E-state index contributed by atoms with van der Waals surface area (Å²) in [6.07, 6.45) is 4.52. The summed E-state index contributed by atoms with van der Waals surface area (Å²) < 4.78 is 5.28. The van der Waals surface area contributed by atoms with Crippen LogP contribution in [0.2, 0.25) is 0 Å². The number of rotatable bonds is 2. The summed E-state index contributed by atoms with van der Waals surface area (Å²) in [6.45, 7) is 1.95. The van der Waals surface area contributed by atoms with Crippen molar-refractivity contribution < 1.29 is 4.52 Å². The summed E-state index contributed by atoms with van der Waals surface area (Å²) in [6, 6.07) is 3.75. The Bertz CT molecular complexity index is 467. The Morgan fingerprint density at radius 2 is 2.12 bits per heavy atom. The molecule has 3 rings (SSSR count). The molecule has 90 valence electrons. The van der Waals surface area contributed by atoms with Crippen molar-refractivity contribution in [2.45, 2.75) is 12.3 Å². The molecule has 0 bridgehead atoms. The molecule has 2 aromatic rings. The number of pyridine rings is 1. The summed E-state index contributed by atoms with van der Waals surface area (Å²) in [5, 5.41) is 7.27. The number of nitrogens with one attached hydrogen (secondary N) is 1. The van der Waals surface area contributed by atoms with E-state index in [1.807, 2.05) is 12.1 Å².